The average molecular weight is 289 g/mol. The zero-order valence-electron chi connectivity index (χ0n) is 13.9. The van der Waals surface area contributed by atoms with Crippen LogP contribution in [0, 0.1) is 11.3 Å². The highest BCUT2D eigenvalue weighted by Gasteiger charge is 2.23. The molecule has 1 aromatic carbocycles. The van der Waals surface area contributed by atoms with Gasteiger partial charge in [-0.1, -0.05) is 51.1 Å². The van der Waals surface area contributed by atoms with E-state index in [2.05, 4.69) is 56.4 Å². The Morgan fingerprint density at radius 1 is 1.10 bits per heavy atom. The third kappa shape index (κ3) is 6.19. The van der Waals surface area contributed by atoms with E-state index in [1.165, 1.54) is 31.2 Å². The minimum atomic E-state index is 0.192. The molecule has 2 rings (SSSR count). The summed E-state index contributed by atoms with van der Waals surface area (Å²) in [6.07, 6.45) is 5.65. The summed E-state index contributed by atoms with van der Waals surface area (Å²) in [6, 6.07) is 10.6. The summed E-state index contributed by atoms with van der Waals surface area (Å²) in [7, 11) is 0. The average Bonchev–Trinajstić information content (AvgIpc) is 2.48. The molecule has 0 spiro atoms. The molecule has 1 aliphatic rings. The lowest BCUT2D eigenvalue weighted by Crippen LogP contribution is -2.35. The van der Waals surface area contributed by atoms with Crippen LogP contribution in [0.5, 0.6) is 0 Å². The van der Waals surface area contributed by atoms with E-state index in [-0.39, 0.29) is 5.41 Å². The van der Waals surface area contributed by atoms with Gasteiger partial charge in [0.15, 0.2) is 0 Å². The normalized spacial score (nSPS) is 23.2. The maximum absolute atomic E-state index is 6.16. The van der Waals surface area contributed by atoms with Crippen LogP contribution in [0.15, 0.2) is 30.3 Å². The molecule has 0 radical (unpaired) electrons. The van der Waals surface area contributed by atoms with Crippen molar-refractivity contribution in [2.45, 2.75) is 59.1 Å². The van der Waals surface area contributed by atoms with Crippen molar-refractivity contribution in [1.82, 2.24) is 5.32 Å². The highest BCUT2D eigenvalue weighted by atomic mass is 16.5. The summed E-state index contributed by atoms with van der Waals surface area (Å²) < 4.78 is 6.16. The Morgan fingerprint density at radius 2 is 1.76 bits per heavy atom. The van der Waals surface area contributed by atoms with E-state index in [1.807, 2.05) is 0 Å². The Balaban J connectivity index is 1.64. The third-order valence-electron chi connectivity index (χ3n) is 4.45. The minimum absolute atomic E-state index is 0.192. The highest BCUT2D eigenvalue weighted by molar-refractivity contribution is 5.14. The molecule has 1 aliphatic carbocycles. The van der Waals surface area contributed by atoms with Crippen LogP contribution in [0.1, 0.15) is 52.0 Å². The van der Waals surface area contributed by atoms with Crippen molar-refractivity contribution in [3.63, 3.8) is 0 Å². The Morgan fingerprint density at radius 3 is 2.43 bits per heavy atom. The first kappa shape index (κ1) is 16.5. The fourth-order valence-electron chi connectivity index (χ4n) is 2.93. The molecule has 118 valence electrons. The SMILES string of the molecule is CC1CCC(OCC(C)(C)CNCc2ccccc2)CC1. The van der Waals surface area contributed by atoms with E-state index in [0.29, 0.717) is 6.10 Å². The Bertz CT molecular complexity index is 393. The van der Waals surface area contributed by atoms with Gasteiger partial charge in [0.25, 0.3) is 0 Å². The number of benzene rings is 1. The van der Waals surface area contributed by atoms with Gasteiger partial charge in [0.05, 0.1) is 12.7 Å². The number of ether oxygens (including phenoxy) is 1. The molecular formula is C19H31NO. The van der Waals surface area contributed by atoms with Crippen molar-refractivity contribution < 1.29 is 4.74 Å². The minimum Gasteiger partial charge on any atom is -0.378 e. The summed E-state index contributed by atoms with van der Waals surface area (Å²) in [5, 5.41) is 3.56. The second-order valence-corrected chi connectivity index (χ2v) is 7.45. The maximum atomic E-state index is 6.16. The van der Waals surface area contributed by atoms with E-state index >= 15 is 0 Å². The molecule has 0 unspecified atom stereocenters. The Labute approximate surface area is 130 Å². The van der Waals surface area contributed by atoms with Crippen LogP contribution in [-0.4, -0.2) is 19.3 Å². The molecule has 1 saturated carbocycles. The summed E-state index contributed by atoms with van der Waals surface area (Å²) in [4.78, 5) is 0. The van der Waals surface area contributed by atoms with Crippen molar-refractivity contribution in [3.05, 3.63) is 35.9 Å². The van der Waals surface area contributed by atoms with Gasteiger partial charge in [0.1, 0.15) is 0 Å². The molecule has 0 saturated heterocycles. The van der Waals surface area contributed by atoms with Gasteiger partial charge in [-0.3, -0.25) is 0 Å². The largest absolute Gasteiger partial charge is 0.378 e. The molecule has 1 aromatic rings. The van der Waals surface area contributed by atoms with Gasteiger partial charge in [-0.05, 0) is 37.2 Å². The summed E-state index contributed by atoms with van der Waals surface area (Å²) in [5.41, 5.74) is 1.54. The van der Waals surface area contributed by atoms with Crippen molar-refractivity contribution in [1.29, 1.82) is 0 Å². The van der Waals surface area contributed by atoms with Gasteiger partial charge in [-0.15, -0.1) is 0 Å². The molecule has 0 bridgehead atoms. The van der Waals surface area contributed by atoms with Gasteiger partial charge in [0.2, 0.25) is 0 Å². The maximum Gasteiger partial charge on any atom is 0.0575 e. The summed E-state index contributed by atoms with van der Waals surface area (Å²) in [5.74, 6) is 0.894. The molecule has 0 heterocycles. The van der Waals surface area contributed by atoms with Gasteiger partial charge >= 0.3 is 0 Å². The number of rotatable bonds is 7. The topological polar surface area (TPSA) is 21.3 Å². The smallest absolute Gasteiger partial charge is 0.0575 e. The molecule has 2 heteroatoms. The van der Waals surface area contributed by atoms with Crippen LogP contribution < -0.4 is 5.32 Å². The van der Waals surface area contributed by atoms with E-state index in [4.69, 9.17) is 4.74 Å². The Kier molecular flexibility index (Phi) is 6.25. The van der Waals surface area contributed by atoms with E-state index in [9.17, 15) is 0 Å². The molecular weight excluding hydrogens is 258 g/mol. The van der Waals surface area contributed by atoms with Crippen LogP contribution >= 0.6 is 0 Å². The Hall–Kier alpha value is -0.860. The standard InChI is InChI=1S/C19H31NO/c1-16-9-11-18(12-10-16)21-15-19(2,3)14-20-13-17-7-5-4-6-8-17/h4-8,16,18,20H,9-15H2,1-3H3. The number of hydrogen-bond acceptors (Lipinski definition) is 2. The van der Waals surface area contributed by atoms with Crippen molar-refractivity contribution >= 4 is 0 Å². The monoisotopic (exact) mass is 289 g/mol. The van der Waals surface area contributed by atoms with Crippen LogP contribution in [0.25, 0.3) is 0 Å². The number of nitrogens with one attached hydrogen (secondary N) is 1. The first-order chi connectivity index (χ1) is 10.1. The highest BCUT2D eigenvalue weighted by Crippen LogP contribution is 2.27. The fraction of sp³-hybridized carbons (Fsp3) is 0.684. The van der Waals surface area contributed by atoms with Gasteiger partial charge in [-0.2, -0.15) is 0 Å². The lowest BCUT2D eigenvalue weighted by atomic mass is 9.88. The van der Waals surface area contributed by atoms with Crippen LogP contribution in [0.4, 0.5) is 0 Å². The quantitative estimate of drug-likeness (QED) is 0.803. The van der Waals surface area contributed by atoms with Gasteiger partial charge in [-0.25, -0.2) is 0 Å². The molecule has 1 fully saturated rings. The van der Waals surface area contributed by atoms with Crippen LogP contribution in [0.2, 0.25) is 0 Å². The molecule has 1 N–H and O–H groups in total. The van der Waals surface area contributed by atoms with Crippen molar-refractivity contribution in [3.8, 4) is 0 Å². The van der Waals surface area contributed by atoms with Gasteiger partial charge < -0.3 is 10.1 Å². The number of hydrogen-bond donors (Lipinski definition) is 1. The molecule has 0 atom stereocenters. The van der Waals surface area contributed by atoms with Crippen LogP contribution in [0.3, 0.4) is 0 Å². The predicted octanol–water partition coefficient (Wildman–Crippen LogP) is 4.40. The summed E-state index contributed by atoms with van der Waals surface area (Å²) >= 11 is 0. The van der Waals surface area contributed by atoms with E-state index < -0.39 is 0 Å². The molecule has 21 heavy (non-hydrogen) atoms. The third-order valence-corrected chi connectivity index (χ3v) is 4.45. The van der Waals surface area contributed by atoms with Crippen LogP contribution in [-0.2, 0) is 11.3 Å². The lowest BCUT2D eigenvalue weighted by molar-refractivity contribution is -0.0202. The zero-order valence-corrected chi connectivity index (χ0v) is 13.9. The first-order valence-electron chi connectivity index (χ1n) is 8.41. The molecule has 0 aromatic heterocycles. The van der Waals surface area contributed by atoms with E-state index in [1.54, 1.807) is 0 Å². The fourth-order valence-corrected chi connectivity index (χ4v) is 2.93. The lowest BCUT2D eigenvalue weighted by Gasteiger charge is -2.31. The summed E-state index contributed by atoms with van der Waals surface area (Å²) in [6.45, 7) is 9.71. The second-order valence-electron chi connectivity index (χ2n) is 7.45. The second kappa shape index (κ2) is 7.95. The first-order valence-corrected chi connectivity index (χ1v) is 8.41. The van der Waals surface area contributed by atoms with Gasteiger partial charge in [0, 0.05) is 18.5 Å². The zero-order chi connectivity index (χ0) is 15.1. The molecule has 0 amide bonds. The predicted molar refractivity (Wildman–Crippen MR) is 89.3 cm³/mol. The van der Waals surface area contributed by atoms with Crippen molar-refractivity contribution in [2.75, 3.05) is 13.2 Å². The molecule has 0 aliphatic heterocycles. The van der Waals surface area contributed by atoms with E-state index in [0.717, 1.165) is 25.6 Å². The van der Waals surface area contributed by atoms with Crippen molar-refractivity contribution in [2.24, 2.45) is 11.3 Å². The molecule has 2 nitrogen and oxygen atoms in total.